The van der Waals surface area contributed by atoms with E-state index >= 15 is 0 Å². The van der Waals surface area contributed by atoms with Gasteiger partial charge in [0.1, 0.15) is 11.5 Å². The van der Waals surface area contributed by atoms with Crippen LogP contribution in [-0.4, -0.2) is 39.8 Å². The van der Waals surface area contributed by atoms with Gasteiger partial charge in [0.15, 0.2) is 5.82 Å². The van der Waals surface area contributed by atoms with Crippen molar-refractivity contribution in [3.8, 4) is 11.1 Å². The molecule has 2 aliphatic carbocycles. The Morgan fingerprint density at radius 3 is 2.91 bits per heavy atom. The van der Waals surface area contributed by atoms with E-state index in [0.717, 1.165) is 65.8 Å². The van der Waals surface area contributed by atoms with Crippen LogP contribution in [-0.2, 0) is 0 Å². The van der Waals surface area contributed by atoms with Gasteiger partial charge in [0.25, 0.3) is 0 Å². The molecule has 1 unspecified atom stereocenters. The van der Waals surface area contributed by atoms with E-state index < -0.39 is 0 Å². The summed E-state index contributed by atoms with van der Waals surface area (Å²) in [6, 6.07) is 6.61. The Labute approximate surface area is 258 Å². The minimum absolute atomic E-state index is 0.0928. The quantitative estimate of drug-likeness (QED) is 0.225. The Morgan fingerprint density at radius 2 is 2.07 bits per heavy atom. The van der Waals surface area contributed by atoms with Crippen molar-refractivity contribution >= 4 is 16.7 Å². The van der Waals surface area contributed by atoms with Crippen LogP contribution in [0.25, 0.3) is 22.2 Å². The van der Waals surface area contributed by atoms with Gasteiger partial charge in [0.05, 0.1) is 23.3 Å². The van der Waals surface area contributed by atoms with Gasteiger partial charge in [0.2, 0.25) is 0 Å². The van der Waals surface area contributed by atoms with Gasteiger partial charge >= 0.3 is 0 Å². The lowest BCUT2D eigenvalue weighted by Crippen LogP contribution is -2.24. The molecule has 0 radical (unpaired) electrons. The largest absolute Gasteiger partial charge is 0.335 e. The number of nitrogens with zero attached hydrogens (tertiary/aromatic N) is 3. The predicted molar refractivity (Wildman–Crippen MR) is 179 cm³/mol. The Balaban J connectivity index is 1.23. The zero-order valence-corrected chi connectivity index (χ0v) is 25.6. The Hall–Kier alpha value is -4.62. The molecule has 0 fully saturated rings. The summed E-state index contributed by atoms with van der Waals surface area (Å²) in [7, 11) is 0. The van der Waals surface area contributed by atoms with E-state index in [4.69, 9.17) is 10.1 Å². The molecule has 0 amide bonds. The molecule has 44 heavy (non-hydrogen) atoms. The average molecular weight is 587 g/mol. The van der Waals surface area contributed by atoms with Crippen LogP contribution < -0.4 is 10.7 Å². The fourth-order valence-electron chi connectivity index (χ4n) is 5.76. The molecule has 0 spiro atoms. The van der Waals surface area contributed by atoms with Crippen LogP contribution in [0.4, 0.5) is 4.39 Å². The number of benzene rings is 1. The van der Waals surface area contributed by atoms with Crippen molar-refractivity contribution in [1.82, 2.24) is 25.7 Å². The fraction of sp³-hybridized carbons (Fsp3) is 0.270. The molecule has 3 aliphatic rings. The van der Waals surface area contributed by atoms with E-state index in [1.807, 2.05) is 6.07 Å². The smallest absolute Gasteiger partial charge is 0.159 e. The van der Waals surface area contributed by atoms with Gasteiger partial charge < -0.3 is 15.7 Å². The lowest BCUT2D eigenvalue weighted by molar-refractivity contribution is 0.628. The lowest BCUT2D eigenvalue weighted by atomic mass is 9.87. The molecule has 3 heterocycles. The number of H-pyrrole nitrogens is 1. The molecule has 3 N–H and O–H groups in total. The highest BCUT2D eigenvalue weighted by Crippen LogP contribution is 2.32. The van der Waals surface area contributed by atoms with Gasteiger partial charge in [-0.25, -0.2) is 9.37 Å². The number of hydrogen-bond acceptors (Lipinski definition) is 5. The zero-order chi connectivity index (χ0) is 30.5. The first-order valence-electron chi connectivity index (χ1n) is 15.5. The van der Waals surface area contributed by atoms with Gasteiger partial charge in [0, 0.05) is 30.4 Å². The van der Waals surface area contributed by atoms with Crippen molar-refractivity contribution in [2.24, 2.45) is 11.0 Å². The highest BCUT2D eigenvalue weighted by atomic mass is 19.1. The van der Waals surface area contributed by atoms with E-state index in [2.05, 4.69) is 96.2 Å². The minimum Gasteiger partial charge on any atom is -0.335 e. The van der Waals surface area contributed by atoms with Gasteiger partial charge in [-0.05, 0) is 72.6 Å². The molecule has 1 aliphatic heterocycles. The second-order valence-corrected chi connectivity index (χ2v) is 11.7. The predicted octanol–water partition coefficient (Wildman–Crippen LogP) is 7.65. The van der Waals surface area contributed by atoms with E-state index in [9.17, 15) is 4.39 Å². The molecule has 3 aromatic rings. The summed E-state index contributed by atoms with van der Waals surface area (Å²) >= 11 is 0. The molecule has 6 rings (SSSR count). The minimum atomic E-state index is -0.290. The van der Waals surface area contributed by atoms with E-state index in [0.29, 0.717) is 11.7 Å². The maximum absolute atomic E-state index is 14.0. The third-order valence-electron chi connectivity index (χ3n) is 8.28. The number of allylic oxidation sites excluding steroid dienone is 9. The fourth-order valence-corrected chi connectivity index (χ4v) is 5.76. The van der Waals surface area contributed by atoms with Crippen LogP contribution in [0.1, 0.15) is 45.9 Å². The molecule has 2 aromatic heterocycles. The zero-order valence-electron chi connectivity index (χ0n) is 25.6. The molecule has 6 nitrogen and oxygen atoms in total. The first-order chi connectivity index (χ1) is 21.5. The van der Waals surface area contributed by atoms with Gasteiger partial charge in [-0.15, -0.1) is 0 Å². The molecular formula is C37H39FN6. The van der Waals surface area contributed by atoms with Crippen molar-refractivity contribution in [3.63, 3.8) is 0 Å². The van der Waals surface area contributed by atoms with Crippen LogP contribution in [0.5, 0.6) is 0 Å². The van der Waals surface area contributed by atoms with Gasteiger partial charge in [-0.1, -0.05) is 80.2 Å². The van der Waals surface area contributed by atoms with E-state index in [1.54, 1.807) is 18.5 Å². The van der Waals surface area contributed by atoms with Crippen LogP contribution in [0, 0.1) is 11.7 Å². The Bertz CT molecular complexity index is 1790. The second kappa shape index (κ2) is 13.3. The summed E-state index contributed by atoms with van der Waals surface area (Å²) < 4.78 is 14.0. The molecule has 0 bridgehead atoms. The summed E-state index contributed by atoms with van der Waals surface area (Å²) in [5.41, 5.74) is 13.3. The number of aromatic nitrogens is 3. The number of fused-ring (bicyclic) bond motifs is 2. The first-order valence-corrected chi connectivity index (χ1v) is 15.5. The van der Waals surface area contributed by atoms with Crippen LogP contribution in [0.2, 0.25) is 0 Å². The topological polar surface area (TPSA) is 78.0 Å². The highest BCUT2D eigenvalue weighted by Gasteiger charge is 2.30. The summed E-state index contributed by atoms with van der Waals surface area (Å²) in [6.07, 6.45) is 26.6. The van der Waals surface area contributed by atoms with Crippen LogP contribution in [0.3, 0.4) is 0 Å². The highest BCUT2D eigenvalue weighted by molar-refractivity contribution is 6.14. The summed E-state index contributed by atoms with van der Waals surface area (Å²) in [4.78, 5) is 12.7. The SMILES string of the molecule is C/C=C(\C=C(\CNCC1=C/C=C\CCC=C1)C(C)C)C1=CCC2NN=C(c3nc4c(-c5cccc(F)c5)cncc4[nH]3)C2=C1. The second-order valence-electron chi connectivity index (χ2n) is 11.7. The van der Waals surface area contributed by atoms with Crippen molar-refractivity contribution in [2.75, 3.05) is 13.1 Å². The number of aromatic amines is 1. The normalized spacial score (nSPS) is 19.5. The number of rotatable bonds is 9. The third kappa shape index (κ3) is 6.48. The number of nitrogens with one attached hydrogen (secondary N) is 3. The Morgan fingerprint density at radius 1 is 1.18 bits per heavy atom. The molecule has 1 aromatic carbocycles. The Kier molecular flexibility index (Phi) is 8.94. The third-order valence-corrected chi connectivity index (χ3v) is 8.28. The van der Waals surface area contributed by atoms with Crippen molar-refractivity contribution < 1.29 is 4.39 Å². The molecule has 1 atom stereocenters. The molecule has 7 heteroatoms. The summed E-state index contributed by atoms with van der Waals surface area (Å²) in [5.74, 6) is 0.789. The summed E-state index contributed by atoms with van der Waals surface area (Å²) in [6.45, 7) is 8.27. The molecule has 0 saturated heterocycles. The number of imidazole rings is 1. The van der Waals surface area contributed by atoms with Crippen molar-refractivity contribution in [2.45, 2.75) is 46.1 Å². The molecule has 224 valence electrons. The number of hydrazone groups is 1. The molecule has 0 saturated carbocycles. The maximum atomic E-state index is 14.0. The number of pyridine rings is 1. The number of hydrogen-bond donors (Lipinski definition) is 3. The van der Waals surface area contributed by atoms with E-state index in [-0.39, 0.29) is 11.9 Å². The maximum Gasteiger partial charge on any atom is 0.159 e. The molecular weight excluding hydrogens is 547 g/mol. The average Bonchev–Trinajstić information content (AvgIpc) is 3.63. The van der Waals surface area contributed by atoms with Crippen LogP contribution >= 0.6 is 0 Å². The lowest BCUT2D eigenvalue weighted by Gasteiger charge is -2.20. The van der Waals surface area contributed by atoms with E-state index in [1.165, 1.54) is 34.4 Å². The summed E-state index contributed by atoms with van der Waals surface area (Å²) in [5, 5.41) is 8.36. The number of halogens is 1. The monoisotopic (exact) mass is 586 g/mol. The van der Waals surface area contributed by atoms with Crippen molar-refractivity contribution in [3.05, 3.63) is 131 Å². The van der Waals surface area contributed by atoms with Gasteiger partial charge in [-0.3, -0.25) is 4.98 Å². The first kappa shape index (κ1) is 29.5. The van der Waals surface area contributed by atoms with Crippen molar-refractivity contribution in [1.29, 1.82) is 0 Å². The van der Waals surface area contributed by atoms with Gasteiger partial charge in [-0.2, -0.15) is 5.10 Å². The van der Waals surface area contributed by atoms with Crippen LogP contribution in [0.15, 0.2) is 124 Å². The standard InChI is InChI=1S/C37H39FN6/c1-4-26(17-29(24(2)3)21-39-20-25-11-8-6-5-7-9-12-25)27-15-16-33-31(19-27)36(44-43-33)37-41-34-23-40-22-32(35(34)42-37)28-13-10-14-30(38)18-28/h4,6,8-15,17-19,22-24,33,39,43H,5,7,16,20-21H2,1-3H3,(H,41,42)/b8-6-,12-9?,25-11?,26-4+,29-17-.